The molecular weight excluding hydrogens is 426 g/mol. The van der Waals surface area contributed by atoms with Crippen LogP contribution in [0.25, 0.3) is 10.8 Å². The molecule has 2 unspecified atom stereocenters. The number of benzene rings is 3. The zero-order chi connectivity index (χ0) is 23.7. The third-order valence-electron chi connectivity index (χ3n) is 7.09. The Balaban J connectivity index is 1.24. The minimum absolute atomic E-state index is 0.0845. The maximum atomic E-state index is 13.1. The van der Waals surface area contributed by atoms with Crippen LogP contribution in [-0.4, -0.2) is 48.3 Å². The van der Waals surface area contributed by atoms with E-state index in [2.05, 4.69) is 41.8 Å². The van der Waals surface area contributed by atoms with Crippen molar-refractivity contribution in [3.8, 4) is 0 Å². The molecule has 2 N–H and O–H groups in total. The van der Waals surface area contributed by atoms with Crippen LogP contribution < -0.4 is 10.6 Å². The molecule has 1 fully saturated rings. The summed E-state index contributed by atoms with van der Waals surface area (Å²) >= 11 is 0. The first-order valence-corrected chi connectivity index (χ1v) is 12.0. The topological polar surface area (TPSA) is 78.5 Å². The number of carbonyl (C=O) groups is 3. The van der Waals surface area contributed by atoms with E-state index in [4.69, 9.17) is 0 Å². The lowest BCUT2D eigenvalue weighted by Gasteiger charge is -2.37. The van der Waals surface area contributed by atoms with E-state index in [1.807, 2.05) is 29.2 Å². The van der Waals surface area contributed by atoms with Crippen LogP contribution >= 0.6 is 0 Å². The molecule has 0 bridgehead atoms. The lowest BCUT2D eigenvalue weighted by atomic mass is 9.92. The number of fused-ring (bicyclic) bond motifs is 2. The summed E-state index contributed by atoms with van der Waals surface area (Å²) < 4.78 is 0. The van der Waals surface area contributed by atoms with Gasteiger partial charge < -0.3 is 15.5 Å². The van der Waals surface area contributed by atoms with Crippen molar-refractivity contribution in [2.75, 3.05) is 19.6 Å². The van der Waals surface area contributed by atoms with Crippen LogP contribution in [0.1, 0.15) is 45.2 Å². The molecule has 0 spiro atoms. The van der Waals surface area contributed by atoms with Crippen molar-refractivity contribution >= 4 is 28.5 Å². The molecule has 0 saturated carbocycles. The highest BCUT2D eigenvalue weighted by atomic mass is 16.2. The highest BCUT2D eigenvalue weighted by Crippen LogP contribution is 2.21. The van der Waals surface area contributed by atoms with Crippen LogP contribution in [0.2, 0.25) is 0 Å². The van der Waals surface area contributed by atoms with Gasteiger partial charge in [-0.15, -0.1) is 0 Å². The third-order valence-corrected chi connectivity index (χ3v) is 7.09. The van der Waals surface area contributed by atoms with Crippen molar-refractivity contribution in [1.29, 1.82) is 0 Å². The Hall–Kier alpha value is -3.67. The van der Waals surface area contributed by atoms with Crippen LogP contribution in [0.4, 0.5) is 0 Å². The number of hydrogen-bond acceptors (Lipinski definition) is 3. The molecule has 0 aromatic heterocycles. The van der Waals surface area contributed by atoms with Crippen molar-refractivity contribution < 1.29 is 14.4 Å². The lowest BCUT2D eigenvalue weighted by molar-refractivity contribution is -0.132. The molecule has 3 amide bonds. The van der Waals surface area contributed by atoms with Crippen LogP contribution in [0.15, 0.2) is 60.7 Å². The normalized spacial score (nSPS) is 19.9. The van der Waals surface area contributed by atoms with Crippen molar-refractivity contribution in [3.05, 3.63) is 82.9 Å². The van der Waals surface area contributed by atoms with E-state index < -0.39 is 0 Å². The fraction of sp³-hybridized carbons (Fsp3) is 0.321. The van der Waals surface area contributed by atoms with Crippen LogP contribution in [-0.2, 0) is 17.6 Å². The van der Waals surface area contributed by atoms with Gasteiger partial charge >= 0.3 is 0 Å². The lowest BCUT2D eigenvalue weighted by Crippen LogP contribution is -2.53. The molecule has 6 heteroatoms. The molecule has 0 radical (unpaired) electrons. The molecule has 2 aliphatic heterocycles. The van der Waals surface area contributed by atoms with Gasteiger partial charge in [0.15, 0.2) is 0 Å². The Bertz CT molecular complexity index is 1270. The number of nitrogens with one attached hydrogen (secondary N) is 2. The molecule has 6 nitrogen and oxygen atoms in total. The van der Waals surface area contributed by atoms with E-state index in [0.29, 0.717) is 37.2 Å². The Morgan fingerprint density at radius 3 is 2.74 bits per heavy atom. The van der Waals surface area contributed by atoms with Crippen molar-refractivity contribution in [2.45, 2.75) is 32.2 Å². The Morgan fingerprint density at radius 2 is 1.88 bits per heavy atom. The molecule has 3 aromatic carbocycles. The Labute approximate surface area is 199 Å². The Morgan fingerprint density at radius 1 is 1.06 bits per heavy atom. The van der Waals surface area contributed by atoms with Gasteiger partial charge in [-0.3, -0.25) is 14.4 Å². The van der Waals surface area contributed by atoms with E-state index in [9.17, 15) is 14.4 Å². The summed E-state index contributed by atoms with van der Waals surface area (Å²) in [5.41, 5.74) is 3.10. The van der Waals surface area contributed by atoms with E-state index in [1.54, 1.807) is 12.1 Å². The number of hydrogen-bond donors (Lipinski definition) is 2. The maximum Gasteiger partial charge on any atom is 0.251 e. The number of likely N-dealkylation sites (tertiary alicyclic amines) is 1. The third kappa shape index (κ3) is 4.53. The van der Waals surface area contributed by atoms with E-state index in [-0.39, 0.29) is 29.7 Å². The number of rotatable bonds is 4. The molecule has 3 aromatic rings. The average molecular weight is 456 g/mol. The second kappa shape index (κ2) is 9.29. The van der Waals surface area contributed by atoms with Gasteiger partial charge in [-0.05, 0) is 58.9 Å². The minimum atomic E-state index is -0.158. The van der Waals surface area contributed by atoms with Crippen LogP contribution in [0.3, 0.4) is 0 Å². The predicted octanol–water partition coefficient (Wildman–Crippen LogP) is 3.34. The van der Waals surface area contributed by atoms with Crippen LogP contribution in [0, 0.1) is 5.92 Å². The molecule has 34 heavy (non-hydrogen) atoms. The highest BCUT2D eigenvalue weighted by Gasteiger charge is 2.30. The van der Waals surface area contributed by atoms with Gasteiger partial charge in [0.05, 0.1) is 6.42 Å². The van der Waals surface area contributed by atoms with Gasteiger partial charge in [-0.2, -0.15) is 0 Å². The zero-order valence-electron chi connectivity index (χ0n) is 19.3. The van der Waals surface area contributed by atoms with Gasteiger partial charge in [0.25, 0.3) is 11.8 Å². The first kappa shape index (κ1) is 22.1. The quantitative estimate of drug-likeness (QED) is 0.633. The maximum absolute atomic E-state index is 13.1. The minimum Gasteiger partial charge on any atom is -0.352 e. The zero-order valence-corrected chi connectivity index (χ0v) is 19.3. The summed E-state index contributed by atoms with van der Waals surface area (Å²) in [4.78, 5) is 39.9. The number of piperidine rings is 1. The smallest absolute Gasteiger partial charge is 0.251 e. The average Bonchev–Trinajstić information content (AvgIpc) is 2.85. The largest absolute Gasteiger partial charge is 0.352 e. The Kier molecular flexibility index (Phi) is 6.05. The van der Waals surface area contributed by atoms with E-state index in [1.165, 1.54) is 0 Å². The predicted molar refractivity (Wildman–Crippen MR) is 132 cm³/mol. The molecule has 5 rings (SSSR count). The van der Waals surface area contributed by atoms with E-state index >= 15 is 0 Å². The monoisotopic (exact) mass is 455 g/mol. The molecule has 0 aliphatic carbocycles. The van der Waals surface area contributed by atoms with Crippen molar-refractivity contribution in [2.24, 2.45) is 5.92 Å². The first-order chi connectivity index (χ1) is 16.5. The van der Waals surface area contributed by atoms with E-state index in [0.717, 1.165) is 34.7 Å². The summed E-state index contributed by atoms with van der Waals surface area (Å²) in [6, 6.07) is 19.4. The van der Waals surface area contributed by atoms with Crippen LogP contribution in [0.5, 0.6) is 0 Å². The summed E-state index contributed by atoms with van der Waals surface area (Å²) in [6.07, 6.45) is 1.92. The summed E-state index contributed by atoms with van der Waals surface area (Å²) in [6.45, 7) is 3.92. The highest BCUT2D eigenvalue weighted by molar-refractivity contribution is 6.00. The molecule has 2 aliphatic rings. The van der Waals surface area contributed by atoms with Crippen molar-refractivity contribution in [3.63, 3.8) is 0 Å². The fourth-order valence-electron chi connectivity index (χ4n) is 4.94. The van der Waals surface area contributed by atoms with Gasteiger partial charge in [-0.1, -0.05) is 49.4 Å². The first-order valence-electron chi connectivity index (χ1n) is 12.0. The summed E-state index contributed by atoms with van der Waals surface area (Å²) in [7, 11) is 0. The molecular formula is C28H29N3O3. The number of carbonyl (C=O) groups excluding carboxylic acids is 3. The summed E-state index contributed by atoms with van der Waals surface area (Å²) in [5, 5.41) is 8.26. The molecule has 2 atom stereocenters. The standard InChI is InChI=1S/C28H29N3O3/c1-18-11-13-31(26(32)15-19-6-7-20-4-2-3-5-21(20)14-19)17-25(18)30-27(33)23-8-9-24-22(16-23)10-12-29-28(24)34/h2-9,14,16,18,25H,10-13,15,17H2,1H3,(H,29,34)(H,30,33). The SMILES string of the molecule is CC1CCN(C(=O)Cc2ccc3ccccc3c2)CC1NC(=O)c1ccc2c(c1)CCNC2=O. The molecule has 2 heterocycles. The van der Waals surface area contributed by atoms with Gasteiger partial charge in [-0.25, -0.2) is 0 Å². The van der Waals surface area contributed by atoms with Gasteiger partial charge in [0, 0.05) is 36.8 Å². The molecule has 1 saturated heterocycles. The number of nitrogens with zero attached hydrogens (tertiary/aromatic N) is 1. The molecule has 174 valence electrons. The van der Waals surface area contributed by atoms with Crippen molar-refractivity contribution in [1.82, 2.24) is 15.5 Å². The number of amides is 3. The second-order valence-corrected chi connectivity index (χ2v) is 9.42. The van der Waals surface area contributed by atoms with Gasteiger partial charge in [0.1, 0.15) is 0 Å². The summed E-state index contributed by atoms with van der Waals surface area (Å²) in [5.74, 6) is 0.113. The van der Waals surface area contributed by atoms with Gasteiger partial charge in [0.2, 0.25) is 5.91 Å². The second-order valence-electron chi connectivity index (χ2n) is 9.42. The fourth-order valence-corrected chi connectivity index (χ4v) is 4.94.